The van der Waals surface area contributed by atoms with E-state index in [1.807, 2.05) is 25.1 Å². The molecule has 0 unspecified atom stereocenters. The molecule has 1 fully saturated rings. The van der Waals surface area contributed by atoms with Crippen molar-refractivity contribution >= 4 is 11.8 Å². The van der Waals surface area contributed by atoms with Crippen LogP contribution < -0.4 is 14.8 Å². The number of benzene rings is 1. The Kier molecular flexibility index (Phi) is 7.80. The van der Waals surface area contributed by atoms with Crippen LogP contribution in [0.5, 0.6) is 11.5 Å². The number of nitrogens with one attached hydrogen (secondary N) is 1. The summed E-state index contributed by atoms with van der Waals surface area (Å²) in [5.41, 5.74) is 1.49. The van der Waals surface area contributed by atoms with Crippen molar-refractivity contribution in [2.45, 2.75) is 32.9 Å². The lowest BCUT2D eigenvalue weighted by Gasteiger charge is -2.31. The lowest BCUT2D eigenvalue weighted by molar-refractivity contribution is -0.126. The van der Waals surface area contributed by atoms with E-state index in [-0.39, 0.29) is 17.7 Å². The SMILES string of the molecule is CCOc1cc(C(=O)N2CCC(C(=O)NCc3ccco3)CC2)ccc1OCc1cccnc1. The first-order chi connectivity index (χ1) is 16.6. The van der Waals surface area contributed by atoms with E-state index < -0.39 is 0 Å². The van der Waals surface area contributed by atoms with Gasteiger partial charge in [-0.25, -0.2) is 0 Å². The van der Waals surface area contributed by atoms with Gasteiger partial charge in [-0.1, -0.05) is 6.07 Å². The highest BCUT2D eigenvalue weighted by Gasteiger charge is 2.28. The van der Waals surface area contributed by atoms with Gasteiger partial charge >= 0.3 is 0 Å². The molecule has 3 aromatic rings. The highest BCUT2D eigenvalue weighted by Crippen LogP contribution is 2.30. The smallest absolute Gasteiger partial charge is 0.253 e. The molecule has 4 rings (SSSR count). The van der Waals surface area contributed by atoms with Gasteiger partial charge in [0.15, 0.2) is 11.5 Å². The summed E-state index contributed by atoms with van der Waals surface area (Å²) in [5.74, 6) is 1.64. The van der Waals surface area contributed by atoms with Crippen molar-refractivity contribution in [3.8, 4) is 11.5 Å². The highest BCUT2D eigenvalue weighted by atomic mass is 16.5. The molecule has 0 spiro atoms. The van der Waals surface area contributed by atoms with Gasteiger partial charge in [-0.15, -0.1) is 0 Å². The molecule has 1 aliphatic rings. The van der Waals surface area contributed by atoms with Crippen LogP contribution in [0.3, 0.4) is 0 Å². The number of piperidine rings is 1. The Morgan fingerprint density at radius 3 is 2.68 bits per heavy atom. The van der Waals surface area contributed by atoms with Crippen LogP contribution in [0.15, 0.2) is 65.5 Å². The normalized spacial score (nSPS) is 14.0. The second kappa shape index (κ2) is 11.4. The van der Waals surface area contributed by atoms with Crippen molar-refractivity contribution in [1.29, 1.82) is 0 Å². The molecule has 2 amide bonds. The first kappa shape index (κ1) is 23.4. The number of furan rings is 1. The summed E-state index contributed by atoms with van der Waals surface area (Å²) in [5, 5.41) is 2.91. The standard InChI is InChI=1S/C26H29N3O5/c1-2-32-24-15-21(7-8-23(24)34-18-19-5-3-11-27-16-19)26(31)29-12-9-20(10-13-29)25(30)28-17-22-6-4-14-33-22/h3-8,11,14-16,20H,2,9-10,12-13,17-18H2,1H3,(H,28,30). The number of nitrogens with zero attached hydrogens (tertiary/aromatic N) is 2. The third kappa shape index (κ3) is 5.95. The second-order valence-corrected chi connectivity index (χ2v) is 8.11. The van der Waals surface area contributed by atoms with Crippen LogP contribution in [0.4, 0.5) is 0 Å². The summed E-state index contributed by atoms with van der Waals surface area (Å²) in [7, 11) is 0. The van der Waals surface area contributed by atoms with Crippen LogP contribution in [-0.2, 0) is 17.9 Å². The zero-order chi connectivity index (χ0) is 23.8. The molecule has 0 saturated carbocycles. The fraction of sp³-hybridized carbons (Fsp3) is 0.346. The first-order valence-corrected chi connectivity index (χ1v) is 11.5. The quantitative estimate of drug-likeness (QED) is 0.519. The maximum absolute atomic E-state index is 13.1. The molecule has 8 heteroatoms. The topological polar surface area (TPSA) is 93.9 Å². The molecular formula is C26H29N3O5. The number of likely N-dealkylation sites (tertiary alicyclic amines) is 1. The second-order valence-electron chi connectivity index (χ2n) is 8.11. The van der Waals surface area contributed by atoms with E-state index >= 15 is 0 Å². The van der Waals surface area contributed by atoms with E-state index in [4.69, 9.17) is 13.9 Å². The van der Waals surface area contributed by atoms with Gasteiger partial charge < -0.3 is 24.1 Å². The fourth-order valence-electron chi connectivity index (χ4n) is 3.93. The molecule has 1 N–H and O–H groups in total. The molecular weight excluding hydrogens is 434 g/mol. The van der Waals surface area contributed by atoms with E-state index in [9.17, 15) is 9.59 Å². The van der Waals surface area contributed by atoms with E-state index in [0.717, 1.165) is 11.3 Å². The summed E-state index contributed by atoms with van der Waals surface area (Å²) in [4.78, 5) is 31.5. The number of aromatic nitrogens is 1. The lowest BCUT2D eigenvalue weighted by atomic mass is 9.95. The molecule has 1 aliphatic heterocycles. The summed E-state index contributed by atoms with van der Waals surface area (Å²) < 4.78 is 16.9. The van der Waals surface area contributed by atoms with Gasteiger partial charge in [0.2, 0.25) is 5.91 Å². The van der Waals surface area contributed by atoms with Gasteiger partial charge in [0.1, 0.15) is 12.4 Å². The van der Waals surface area contributed by atoms with Gasteiger partial charge in [0, 0.05) is 42.5 Å². The van der Waals surface area contributed by atoms with E-state index in [1.54, 1.807) is 47.8 Å². The number of ether oxygens (including phenoxy) is 2. The van der Waals surface area contributed by atoms with E-state index in [1.165, 1.54) is 0 Å². The predicted molar refractivity (Wildman–Crippen MR) is 125 cm³/mol. The van der Waals surface area contributed by atoms with Crippen LogP contribution in [0.2, 0.25) is 0 Å². The Labute approximate surface area is 198 Å². The van der Waals surface area contributed by atoms with Gasteiger partial charge in [-0.05, 0) is 56.2 Å². The minimum absolute atomic E-state index is 0.00255. The number of rotatable bonds is 9. The van der Waals surface area contributed by atoms with Gasteiger partial charge in [0.25, 0.3) is 5.91 Å². The molecule has 3 heterocycles. The number of amides is 2. The molecule has 2 aromatic heterocycles. The number of pyridine rings is 1. The number of hydrogen-bond acceptors (Lipinski definition) is 6. The van der Waals surface area contributed by atoms with Crippen molar-refractivity contribution in [1.82, 2.24) is 15.2 Å². The molecule has 0 radical (unpaired) electrons. The summed E-state index contributed by atoms with van der Waals surface area (Å²) >= 11 is 0. The number of carbonyl (C=O) groups excluding carboxylic acids is 2. The zero-order valence-corrected chi connectivity index (χ0v) is 19.2. The van der Waals surface area contributed by atoms with Gasteiger partial charge in [-0.2, -0.15) is 0 Å². The lowest BCUT2D eigenvalue weighted by Crippen LogP contribution is -2.42. The Morgan fingerprint density at radius 1 is 1.12 bits per heavy atom. The van der Waals surface area contributed by atoms with Gasteiger partial charge in [0.05, 0.1) is 19.4 Å². The molecule has 8 nitrogen and oxygen atoms in total. The molecule has 1 aromatic carbocycles. The van der Waals surface area contributed by atoms with Crippen LogP contribution in [0.1, 0.15) is 41.4 Å². The Morgan fingerprint density at radius 2 is 1.97 bits per heavy atom. The maximum atomic E-state index is 13.1. The number of carbonyl (C=O) groups is 2. The maximum Gasteiger partial charge on any atom is 0.253 e. The Bertz CT molecular complexity index is 1080. The average molecular weight is 464 g/mol. The Hall–Kier alpha value is -3.81. The largest absolute Gasteiger partial charge is 0.490 e. The highest BCUT2D eigenvalue weighted by molar-refractivity contribution is 5.95. The summed E-state index contributed by atoms with van der Waals surface area (Å²) in [6, 6.07) is 12.7. The molecule has 0 aliphatic carbocycles. The third-order valence-corrected chi connectivity index (χ3v) is 5.78. The molecule has 0 bridgehead atoms. The van der Waals surface area contributed by atoms with Crippen LogP contribution in [0, 0.1) is 5.92 Å². The molecule has 34 heavy (non-hydrogen) atoms. The van der Waals surface area contributed by atoms with E-state index in [2.05, 4.69) is 10.3 Å². The minimum atomic E-state index is -0.110. The zero-order valence-electron chi connectivity index (χ0n) is 19.2. The monoisotopic (exact) mass is 463 g/mol. The summed E-state index contributed by atoms with van der Waals surface area (Å²) in [6.45, 7) is 4.14. The molecule has 0 atom stereocenters. The average Bonchev–Trinajstić information content (AvgIpc) is 3.41. The van der Waals surface area contributed by atoms with Crippen molar-refractivity contribution in [2.24, 2.45) is 5.92 Å². The van der Waals surface area contributed by atoms with Crippen molar-refractivity contribution in [2.75, 3.05) is 19.7 Å². The molecule has 1 saturated heterocycles. The van der Waals surface area contributed by atoms with Crippen LogP contribution in [0.25, 0.3) is 0 Å². The predicted octanol–water partition coefficient (Wildman–Crippen LogP) is 3.82. The van der Waals surface area contributed by atoms with Crippen molar-refractivity contribution in [3.63, 3.8) is 0 Å². The Balaban J connectivity index is 1.33. The van der Waals surface area contributed by atoms with Gasteiger partial charge in [-0.3, -0.25) is 14.6 Å². The molecule has 178 valence electrons. The third-order valence-electron chi connectivity index (χ3n) is 5.78. The van der Waals surface area contributed by atoms with E-state index in [0.29, 0.717) is 62.8 Å². The van der Waals surface area contributed by atoms with Crippen LogP contribution in [-0.4, -0.2) is 41.4 Å². The minimum Gasteiger partial charge on any atom is -0.490 e. The first-order valence-electron chi connectivity index (χ1n) is 11.5. The number of hydrogen-bond donors (Lipinski definition) is 1. The fourth-order valence-corrected chi connectivity index (χ4v) is 3.93. The van der Waals surface area contributed by atoms with Crippen LogP contribution >= 0.6 is 0 Å². The summed E-state index contributed by atoms with van der Waals surface area (Å²) in [6.07, 6.45) is 6.30. The van der Waals surface area contributed by atoms with Crippen molar-refractivity contribution < 1.29 is 23.5 Å². The van der Waals surface area contributed by atoms with Crippen molar-refractivity contribution in [3.05, 3.63) is 78.0 Å².